The number of aryl methyl sites for hydroxylation is 1. The molecule has 1 fully saturated rings. The van der Waals surface area contributed by atoms with Crippen LogP contribution in [-0.4, -0.2) is 30.3 Å². The Morgan fingerprint density at radius 2 is 2.33 bits per heavy atom. The molecule has 1 aliphatic rings. The van der Waals surface area contributed by atoms with Gasteiger partial charge in [-0.05, 0) is 56.8 Å². The summed E-state index contributed by atoms with van der Waals surface area (Å²) in [4.78, 5) is 11.5. The largest absolute Gasteiger partial charge is 0.490 e. The highest BCUT2D eigenvalue weighted by Crippen LogP contribution is 2.38. The monoisotopic (exact) mass is 295 g/mol. The molecular weight excluding hydrogens is 273 g/mol. The molecule has 0 heterocycles. The molecule has 2 rings (SSSR count). The van der Waals surface area contributed by atoms with Crippen molar-refractivity contribution in [3.05, 3.63) is 29.6 Å². The fourth-order valence-corrected chi connectivity index (χ4v) is 3.22. The van der Waals surface area contributed by atoms with Gasteiger partial charge in [-0.3, -0.25) is 4.79 Å². The predicted molar refractivity (Wildman–Crippen MR) is 78.0 cm³/mol. The summed E-state index contributed by atoms with van der Waals surface area (Å²) < 4.78 is 19.1. The molecule has 0 amide bonds. The first-order chi connectivity index (χ1) is 9.99. The first kappa shape index (κ1) is 15.8. The van der Waals surface area contributed by atoms with Gasteiger partial charge in [0.25, 0.3) is 0 Å². The van der Waals surface area contributed by atoms with E-state index in [2.05, 4.69) is 5.32 Å². The summed E-state index contributed by atoms with van der Waals surface area (Å²) in [6, 6.07) is 4.73. The second kappa shape index (κ2) is 6.43. The van der Waals surface area contributed by atoms with E-state index < -0.39 is 11.5 Å². The van der Waals surface area contributed by atoms with Crippen LogP contribution >= 0.6 is 0 Å². The maximum atomic E-state index is 13.6. The summed E-state index contributed by atoms with van der Waals surface area (Å²) in [5.74, 6) is -0.953. The van der Waals surface area contributed by atoms with E-state index in [1.807, 2.05) is 6.92 Å². The lowest BCUT2D eigenvalue weighted by atomic mass is 9.85. The van der Waals surface area contributed by atoms with E-state index in [0.717, 1.165) is 18.4 Å². The Balaban J connectivity index is 1.96. The first-order valence-electron chi connectivity index (χ1n) is 7.31. The lowest BCUT2D eigenvalue weighted by Gasteiger charge is -2.31. The third-order valence-electron chi connectivity index (χ3n) is 4.46. The van der Waals surface area contributed by atoms with Crippen LogP contribution in [0.25, 0.3) is 0 Å². The van der Waals surface area contributed by atoms with Crippen LogP contribution in [0.1, 0.15) is 31.2 Å². The average molecular weight is 295 g/mol. The minimum atomic E-state index is -0.867. The van der Waals surface area contributed by atoms with Crippen LogP contribution in [0.5, 0.6) is 5.75 Å². The van der Waals surface area contributed by atoms with E-state index >= 15 is 0 Å². The van der Waals surface area contributed by atoms with Crippen molar-refractivity contribution in [3.8, 4) is 5.75 Å². The van der Waals surface area contributed by atoms with Gasteiger partial charge in [0.05, 0.1) is 6.61 Å². The maximum Gasteiger partial charge on any atom is 0.324 e. The Labute approximate surface area is 124 Å². The summed E-state index contributed by atoms with van der Waals surface area (Å²) in [6.07, 6.45) is 2.96. The van der Waals surface area contributed by atoms with Crippen LogP contribution in [0.4, 0.5) is 4.39 Å². The van der Waals surface area contributed by atoms with Crippen LogP contribution in [0, 0.1) is 18.7 Å². The number of carboxylic acid groups (broad SMARTS) is 1. The van der Waals surface area contributed by atoms with Crippen molar-refractivity contribution in [2.24, 2.45) is 5.92 Å². The number of carbonyl (C=O) groups is 1. The van der Waals surface area contributed by atoms with Crippen LogP contribution in [-0.2, 0) is 4.79 Å². The molecule has 1 saturated carbocycles. The first-order valence-corrected chi connectivity index (χ1v) is 7.31. The molecule has 1 aromatic carbocycles. The summed E-state index contributed by atoms with van der Waals surface area (Å²) >= 11 is 0. The maximum absolute atomic E-state index is 13.6. The van der Waals surface area contributed by atoms with Gasteiger partial charge in [0.1, 0.15) is 5.54 Å². The zero-order valence-corrected chi connectivity index (χ0v) is 12.5. The van der Waals surface area contributed by atoms with Crippen LogP contribution in [0.15, 0.2) is 18.2 Å². The summed E-state index contributed by atoms with van der Waals surface area (Å²) in [5, 5.41) is 12.4. The molecule has 0 spiro atoms. The molecule has 1 aliphatic carbocycles. The number of benzene rings is 1. The fourth-order valence-electron chi connectivity index (χ4n) is 3.22. The lowest BCUT2D eigenvalue weighted by Crippen LogP contribution is -2.53. The van der Waals surface area contributed by atoms with E-state index in [1.165, 1.54) is 6.07 Å². The van der Waals surface area contributed by atoms with Gasteiger partial charge in [-0.25, -0.2) is 4.39 Å². The highest BCUT2D eigenvalue weighted by atomic mass is 19.1. The van der Waals surface area contributed by atoms with Gasteiger partial charge in [0, 0.05) is 0 Å². The Morgan fingerprint density at radius 1 is 1.57 bits per heavy atom. The van der Waals surface area contributed by atoms with Crippen molar-refractivity contribution < 1.29 is 19.0 Å². The standard InChI is InChI=1S/C16H22FNO3/c1-11-5-6-13(17)14(10-11)21-9-7-12-4-3-8-16(12,18-2)15(19)20/h5-6,10,12,18H,3-4,7-9H2,1-2H3,(H,19,20). The van der Waals surface area contributed by atoms with Gasteiger partial charge < -0.3 is 15.2 Å². The smallest absolute Gasteiger partial charge is 0.324 e. The number of halogens is 1. The van der Waals surface area contributed by atoms with Gasteiger partial charge in [-0.2, -0.15) is 0 Å². The minimum absolute atomic E-state index is 0.00729. The molecule has 2 unspecified atom stereocenters. The topological polar surface area (TPSA) is 58.6 Å². The number of hydrogen-bond donors (Lipinski definition) is 2. The zero-order chi connectivity index (χ0) is 15.5. The highest BCUT2D eigenvalue weighted by molar-refractivity contribution is 5.79. The number of ether oxygens (including phenoxy) is 1. The Bertz CT molecular complexity index is 520. The quantitative estimate of drug-likeness (QED) is 0.847. The fraction of sp³-hybridized carbons (Fsp3) is 0.562. The summed E-state index contributed by atoms with van der Waals surface area (Å²) in [7, 11) is 1.69. The minimum Gasteiger partial charge on any atom is -0.490 e. The van der Waals surface area contributed by atoms with Crippen molar-refractivity contribution in [3.63, 3.8) is 0 Å². The second-order valence-electron chi connectivity index (χ2n) is 5.69. The van der Waals surface area contributed by atoms with E-state index in [1.54, 1.807) is 19.2 Å². The SMILES string of the molecule is CNC1(C(=O)O)CCCC1CCOc1cc(C)ccc1F. The van der Waals surface area contributed by atoms with Gasteiger partial charge in [-0.15, -0.1) is 0 Å². The van der Waals surface area contributed by atoms with E-state index in [9.17, 15) is 14.3 Å². The molecule has 0 bridgehead atoms. The van der Waals surface area contributed by atoms with Crippen LogP contribution in [0.2, 0.25) is 0 Å². The highest BCUT2D eigenvalue weighted by Gasteiger charge is 2.47. The number of aliphatic carboxylic acids is 1. The van der Waals surface area contributed by atoms with Crippen LogP contribution < -0.4 is 10.1 Å². The molecule has 4 nitrogen and oxygen atoms in total. The molecule has 0 radical (unpaired) electrons. The predicted octanol–water partition coefficient (Wildman–Crippen LogP) is 2.75. The van der Waals surface area contributed by atoms with Crippen LogP contribution in [0.3, 0.4) is 0 Å². The van der Waals surface area contributed by atoms with Gasteiger partial charge >= 0.3 is 5.97 Å². The van der Waals surface area contributed by atoms with Crippen molar-refractivity contribution in [2.45, 2.75) is 38.1 Å². The number of nitrogens with one attached hydrogen (secondary N) is 1. The molecule has 5 heteroatoms. The summed E-state index contributed by atoms with van der Waals surface area (Å²) in [5.41, 5.74) is 0.0662. The van der Waals surface area contributed by atoms with E-state index in [4.69, 9.17) is 4.74 Å². The van der Waals surface area contributed by atoms with E-state index in [-0.39, 0.29) is 17.5 Å². The zero-order valence-electron chi connectivity index (χ0n) is 12.5. The Hall–Kier alpha value is -1.62. The molecule has 0 saturated heterocycles. The molecule has 21 heavy (non-hydrogen) atoms. The number of hydrogen-bond acceptors (Lipinski definition) is 3. The van der Waals surface area contributed by atoms with Gasteiger partial charge in [0.2, 0.25) is 0 Å². The summed E-state index contributed by atoms with van der Waals surface area (Å²) in [6.45, 7) is 2.20. The normalized spacial score (nSPS) is 25.0. The molecule has 1 aromatic rings. The van der Waals surface area contributed by atoms with E-state index in [0.29, 0.717) is 19.4 Å². The van der Waals surface area contributed by atoms with Crippen molar-refractivity contribution >= 4 is 5.97 Å². The number of likely N-dealkylation sites (N-methyl/N-ethyl adjacent to an activating group) is 1. The molecule has 2 N–H and O–H groups in total. The molecule has 0 aliphatic heterocycles. The van der Waals surface area contributed by atoms with Crippen molar-refractivity contribution in [2.75, 3.05) is 13.7 Å². The number of rotatable bonds is 6. The average Bonchev–Trinajstić information content (AvgIpc) is 2.87. The number of carboxylic acids is 1. The molecular formula is C16H22FNO3. The third-order valence-corrected chi connectivity index (χ3v) is 4.46. The lowest BCUT2D eigenvalue weighted by molar-refractivity contribution is -0.146. The molecule has 116 valence electrons. The molecule has 2 atom stereocenters. The van der Waals surface area contributed by atoms with Gasteiger partial charge in [-0.1, -0.05) is 12.5 Å². The molecule has 0 aromatic heterocycles. The van der Waals surface area contributed by atoms with Gasteiger partial charge in [0.15, 0.2) is 11.6 Å². The van der Waals surface area contributed by atoms with Crippen molar-refractivity contribution in [1.82, 2.24) is 5.32 Å². The Morgan fingerprint density at radius 3 is 3.00 bits per heavy atom. The second-order valence-corrected chi connectivity index (χ2v) is 5.69. The third kappa shape index (κ3) is 3.18. The van der Waals surface area contributed by atoms with Crippen molar-refractivity contribution in [1.29, 1.82) is 0 Å². The Kier molecular flexibility index (Phi) is 4.83.